The number of fused-ring (bicyclic) bond motifs is 1. The van der Waals surface area contributed by atoms with Crippen LogP contribution in [0, 0.1) is 5.82 Å². The summed E-state index contributed by atoms with van der Waals surface area (Å²) in [5.74, 6) is -0.199. The molecule has 0 amide bonds. The molecule has 22 heavy (non-hydrogen) atoms. The van der Waals surface area contributed by atoms with Gasteiger partial charge in [0.05, 0.1) is 5.39 Å². The van der Waals surface area contributed by atoms with Crippen LogP contribution < -0.4 is 10.5 Å². The molecule has 1 aromatic carbocycles. The lowest BCUT2D eigenvalue weighted by Gasteiger charge is -2.09. The highest BCUT2D eigenvalue weighted by Gasteiger charge is 2.17. The molecule has 0 atom stereocenters. The van der Waals surface area contributed by atoms with Gasteiger partial charge in [0.2, 0.25) is 0 Å². The van der Waals surface area contributed by atoms with E-state index in [9.17, 15) is 9.18 Å². The van der Waals surface area contributed by atoms with E-state index in [-0.39, 0.29) is 11.5 Å². The van der Waals surface area contributed by atoms with Crippen LogP contribution in [0.25, 0.3) is 11.0 Å². The topological polar surface area (TPSA) is 81.0 Å². The molecule has 0 saturated heterocycles. The maximum Gasteiger partial charge on any atom is 0.167 e. The predicted molar refractivity (Wildman–Crippen MR) is 81.6 cm³/mol. The van der Waals surface area contributed by atoms with Crippen LogP contribution in [0.4, 0.5) is 10.1 Å². The van der Waals surface area contributed by atoms with Gasteiger partial charge in [0.25, 0.3) is 0 Å². The number of halogens is 1. The van der Waals surface area contributed by atoms with E-state index in [2.05, 4.69) is 9.97 Å². The lowest BCUT2D eigenvalue weighted by atomic mass is 10.1. The molecule has 0 aliphatic carbocycles. The van der Waals surface area contributed by atoms with E-state index < -0.39 is 5.82 Å². The number of aromatic nitrogens is 2. The minimum atomic E-state index is -0.566. The van der Waals surface area contributed by atoms with Crippen molar-refractivity contribution in [2.75, 3.05) is 5.73 Å². The number of aromatic amines is 1. The van der Waals surface area contributed by atoms with E-state index in [1.54, 1.807) is 25.3 Å². The quantitative estimate of drug-likeness (QED) is 0.569. The number of hydrogen-bond donors (Lipinski definition) is 2. The van der Waals surface area contributed by atoms with Crippen molar-refractivity contribution in [3.63, 3.8) is 0 Å². The van der Waals surface area contributed by atoms with Crippen LogP contribution in [0.3, 0.4) is 0 Å². The maximum atomic E-state index is 13.9. The van der Waals surface area contributed by atoms with Gasteiger partial charge in [-0.2, -0.15) is 0 Å². The van der Waals surface area contributed by atoms with E-state index >= 15 is 0 Å². The van der Waals surface area contributed by atoms with Gasteiger partial charge in [-0.25, -0.2) is 9.37 Å². The van der Waals surface area contributed by atoms with E-state index in [1.807, 2.05) is 0 Å². The number of nitrogens with two attached hydrogens (primary N) is 1. The van der Waals surface area contributed by atoms with Crippen molar-refractivity contribution in [1.29, 1.82) is 0 Å². The highest BCUT2D eigenvalue weighted by Crippen LogP contribution is 2.33. The Morgan fingerprint density at radius 1 is 1.36 bits per heavy atom. The number of nitrogens with one attached hydrogen (secondary N) is 1. The van der Waals surface area contributed by atoms with Gasteiger partial charge in [-0.3, -0.25) is 4.79 Å². The summed E-state index contributed by atoms with van der Waals surface area (Å²) in [4.78, 5) is 19.1. The summed E-state index contributed by atoms with van der Waals surface area (Å²) in [7, 11) is 0. The molecule has 0 radical (unpaired) electrons. The zero-order chi connectivity index (χ0) is 15.7. The predicted octanol–water partition coefficient (Wildman–Crippen LogP) is 3.67. The first-order valence-corrected chi connectivity index (χ1v) is 6.82. The average molecular weight is 299 g/mol. The van der Waals surface area contributed by atoms with Crippen molar-refractivity contribution >= 4 is 22.5 Å². The molecule has 0 fully saturated rings. The van der Waals surface area contributed by atoms with Crippen LogP contribution in [0.1, 0.15) is 23.7 Å². The number of hydrogen-bond acceptors (Lipinski definition) is 4. The second-order valence-corrected chi connectivity index (χ2v) is 4.80. The summed E-state index contributed by atoms with van der Waals surface area (Å²) < 4.78 is 19.5. The first-order chi connectivity index (χ1) is 10.6. The monoisotopic (exact) mass is 299 g/mol. The molecule has 112 valence electrons. The van der Waals surface area contributed by atoms with Crippen molar-refractivity contribution in [1.82, 2.24) is 9.97 Å². The number of Topliss-reactive ketones (excluding diaryl/α,β-unsaturated/α-hetero) is 1. The highest BCUT2D eigenvalue weighted by molar-refractivity contribution is 6.09. The van der Waals surface area contributed by atoms with Crippen molar-refractivity contribution in [2.45, 2.75) is 13.3 Å². The SMILES string of the molecule is CCC(=O)c1c[nH]c2nccc(Oc3ccc(N)cc3F)c12. The summed E-state index contributed by atoms with van der Waals surface area (Å²) in [6.07, 6.45) is 3.48. The number of ketones is 1. The third-order valence-corrected chi connectivity index (χ3v) is 3.33. The Morgan fingerprint density at radius 3 is 2.91 bits per heavy atom. The number of nitrogen functional groups attached to an aromatic ring is 1. The smallest absolute Gasteiger partial charge is 0.167 e. The second-order valence-electron chi connectivity index (χ2n) is 4.80. The average Bonchev–Trinajstić information content (AvgIpc) is 2.94. The Kier molecular flexibility index (Phi) is 3.50. The number of benzene rings is 1. The molecular weight excluding hydrogens is 285 g/mol. The van der Waals surface area contributed by atoms with Gasteiger partial charge >= 0.3 is 0 Å². The lowest BCUT2D eigenvalue weighted by Crippen LogP contribution is -1.97. The van der Waals surface area contributed by atoms with Gasteiger partial charge < -0.3 is 15.5 Å². The third kappa shape index (κ3) is 2.39. The van der Waals surface area contributed by atoms with Gasteiger partial charge in [-0.15, -0.1) is 0 Å². The number of rotatable bonds is 4. The molecule has 0 saturated carbocycles. The second kappa shape index (κ2) is 5.48. The Morgan fingerprint density at radius 2 is 2.18 bits per heavy atom. The molecule has 6 heteroatoms. The number of pyridine rings is 1. The van der Waals surface area contributed by atoms with Crippen LogP contribution in [0.5, 0.6) is 11.5 Å². The molecule has 3 N–H and O–H groups in total. The van der Waals surface area contributed by atoms with E-state index in [0.29, 0.717) is 34.5 Å². The van der Waals surface area contributed by atoms with Crippen molar-refractivity contribution in [3.05, 3.63) is 48.0 Å². The normalized spacial score (nSPS) is 10.8. The summed E-state index contributed by atoms with van der Waals surface area (Å²) in [6, 6.07) is 5.78. The number of carbonyl (C=O) groups excluding carboxylic acids is 1. The number of anilines is 1. The van der Waals surface area contributed by atoms with Gasteiger partial charge in [0.15, 0.2) is 17.3 Å². The zero-order valence-electron chi connectivity index (χ0n) is 11.9. The number of H-pyrrole nitrogens is 1. The molecule has 0 aliphatic rings. The van der Waals surface area contributed by atoms with Crippen LogP contribution in [-0.4, -0.2) is 15.8 Å². The summed E-state index contributed by atoms with van der Waals surface area (Å²) in [5.41, 5.74) is 6.84. The van der Waals surface area contributed by atoms with E-state index in [4.69, 9.17) is 10.5 Å². The van der Waals surface area contributed by atoms with Crippen molar-refractivity contribution in [2.24, 2.45) is 0 Å². The van der Waals surface area contributed by atoms with Crippen molar-refractivity contribution < 1.29 is 13.9 Å². The van der Waals surface area contributed by atoms with Crippen LogP contribution >= 0.6 is 0 Å². The summed E-state index contributed by atoms with van der Waals surface area (Å²) in [6.45, 7) is 1.78. The van der Waals surface area contributed by atoms with Crippen molar-refractivity contribution in [3.8, 4) is 11.5 Å². The standard InChI is InChI=1S/C16H14FN3O2/c1-2-12(21)10-8-20-16-15(10)14(5-6-19-16)22-13-4-3-9(18)7-11(13)17/h3-8H,2,18H2,1H3,(H,19,20). The van der Waals surface area contributed by atoms with Gasteiger partial charge in [-0.05, 0) is 18.2 Å². The fourth-order valence-corrected chi connectivity index (χ4v) is 2.24. The number of ether oxygens (including phenoxy) is 1. The maximum absolute atomic E-state index is 13.9. The van der Waals surface area contributed by atoms with Gasteiger partial charge in [-0.1, -0.05) is 6.92 Å². The fraction of sp³-hybridized carbons (Fsp3) is 0.125. The molecule has 0 spiro atoms. The largest absolute Gasteiger partial charge is 0.453 e. The Balaban J connectivity index is 2.10. The van der Waals surface area contributed by atoms with Crippen LogP contribution in [0.15, 0.2) is 36.7 Å². The van der Waals surface area contributed by atoms with Gasteiger partial charge in [0.1, 0.15) is 11.4 Å². The van der Waals surface area contributed by atoms with Gasteiger partial charge in [0, 0.05) is 36.1 Å². The lowest BCUT2D eigenvalue weighted by molar-refractivity contribution is 0.0989. The Hall–Kier alpha value is -2.89. The molecule has 2 heterocycles. The molecule has 0 unspecified atom stereocenters. The first kappa shape index (κ1) is 14.1. The van der Waals surface area contributed by atoms with Crippen LogP contribution in [0.2, 0.25) is 0 Å². The minimum absolute atomic E-state index is 0.0396. The Labute approximate surface area is 125 Å². The number of nitrogens with zero attached hydrogens (tertiary/aromatic N) is 1. The van der Waals surface area contributed by atoms with Crippen LogP contribution in [-0.2, 0) is 0 Å². The van der Waals surface area contributed by atoms with E-state index in [1.165, 1.54) is 18.3 Å². The molecule has 0 bridgehead atoms. The van der Waals surface area contributed by atoms with E-state index in [0.717, 1.165) is 0 Å². The highest BCUT2D eigenvalue weighted by atomic mass is 19.1. The number of carbonyl (C=O) groups is 1. The third-order valence-electron chi connectivity index (χ3n) is 3.33. The molecule has 2 aromatic heterocycles. The Bertz CT molecular complexity index is 858. The molecule has 0 aliphatic heterocycles. The zero-order valence-corrected chi connectivity index (χ0v) is 11.9. The molecule has 3 aromatic rings. The summed E-state index contributed by atoms with van der Waals surface area (Å²) >= 11 is 0. The fourth-order valence-electron chi connectivity index (χ4n) is 2.24. The minimum Gasteiger partial charge on any atom is -0.453 e. The molecule has 3 rings (SSSR count). The summed E-state index contributed by atoms with van der Waals surface area (Å²) in [5, 5.41) is 0.547. The molecular formula is C16H14FN3O2. The molecule has 5 nitrogen and oxygen atoms in total. The first-order valence-electron chi connectivity index (χ1n) is 6.82.